The van der Waals surface area contributed by atoms with Gasteiger partial charge in [-0.25, -0.2) is 9.78 Å². The van der Waals surface area contributed by atoms with E-state index < -0.39 is 10.9 Å². The largest absolute Gasteiger partial charge is 0.477 e. The SMILES string of the molecule is O=C(O)c1ccc([N+](=O)[O-])c(OCC2CCCCO2)n1. The molecule has 1 aliphatic rings. The van der Waals surface area contributed by atoms with Gasteiger partial charge in [0.05, 0.1) is 11.0 Å². The lowest BCUT2D eigenvalue weighted by molar-refractivity contribution is -0.386. The molecule has 1 N–H and O–H groups in total. The molecule has 1 atom stereocenters. The standard InChI is InChI=1S/C12H14N2O6/c15-12(16)9-4-5-10(14(17)18)11(13-9)20-7-8-3-1-2-6-19-8/h4-5,8H,1-3,6-7H2,(H,15,16). The topological polar surface area (TPSA) is 112 Å². The number of pyridine rings is 1. The number of ether oxygens (including phenoxy) is 2. The molecule has 0 saturated carbocycles. The predicted molar refractivity (Wildman–Crippen MR) is 66.9 cm³/mol. The molecule has 8 heteroatoms. The van der Waals surface area contributed by atoms with E-state index in [1.807, 2.05) is 0 Å². The Balaban J connectivity index is 2.12. The summed E-state index contributed by atoms with van der Waals surface area (Å²) in [5.74, 6) is -1.55. The quantitative estimate of drug-likeness (QED) is 0.645. The molecule has 0 aromatic carbocycles. The first-order valence-electron chi connectivity index (χ1n) is 6.21. The fourth-order valence-corrected chi connectivity index (χ4v) is 1.91. The number of hydrogen-bond donors (Lipinski definition) is 1. The predicted octanol–water partition coefficient (Wildman–Crippen LogP) is 1.64. The van der Waals surface area contributed by atoms with Crippen molar-refractivity contribution in [1.29, 1.82) is 0 Å². The number of hydrogen-bond acceptors (Lipinski definition) is 6. The van der Waals surface area contributed by atoms with Crippen LogP contribution in [0.3, 0.4) is 0 Å². The van der Waals surface area contributed by atoms with Gasteiger partial charge < -0.3 is 14.6 Å². The van der Waals surface area contributed by atoms with Crippen LogP contribution in [0.2, 0.25) is 0 Å². The number of carboxylic acids is 1. The molecule has 1 aromatic rings. The molecule has 20 heavy (non-hydrogen) atoms. The van der Waals surface area contributed by atoms with E-state index in [9.17, 15) is 14.9 Å². The Kier molecular flexibility index (Phi) is 4.46. The summed E-state index contributed by atoms with van der Waals surface area (Å²) in [6.07, 6.45) is 2.67. The zero-order valence-corrected chi connectivity index (χ0v) is 10.7. The van der Waals surface area contributed by atoms with E-state index in [4.69, 9.17) is 14.6 Å². The Hall–Kier alpha value is -2.22. The first-order chi connectivity index (χ1) is 9.58. The summed E-state index contributed by atoms with van der Waals surface area (Å²) in [6.45, 7) is 0.760. The molecule has 0 bridgehead atoms. The molecule has 0 spiro atoms. The van der Waals surface area contributed by atoms with Crippen LogP contribution in [0.5, 0.6) is 5.88 Å². The molecule has 1 aliphatic heterocycles. The van der Waals surface area contributed by atoms with E-state index in [1.165, 1.54) is 0 Å². The van der Waals surface area contributed by atoms with Crippen LogP contribution in [-0.4, -0.2) is 40.3 Å². The molecule has 1 aromatic heterocycles. The van der Waals surface area contributed by atoms with Crippen LogP contribution in [0.1, 0.15) is 29.8 Å². The first-order valence-corrected chi connectivity index (χ1v) is 6.21. The van der Waals surface area contributed by atoms with Gasteiger partial charge in [0.15, 0.2) is 5.69 Å². The Morgan fingerprint density at radius 2 is 2.35 bits per heavy atom. The average Bonchev–Trinajstić information content (AvgIpc) is 2.45. The van der Waals surface area contributed by atoms with E-state index in [0.29, 0.717) is 6.61 Å². The normalized spacial score (nSPS) is 18.5. The lowest BCUT2D eigenvalue weighted by atomic mass is 10.1. The second-order valence-electron chi connectivity index (χ2n) is 4.38. The monoisotopic (exact) mass is 282 g/mol. The first kappa shape index (κ1) is 14.2. The van der Waals surface area contributed by atoms with Crippen LogP contribution < -0.4 is 4.74 Å². The lowest BCUT2D eigenvalue weighted by Crippen LogP contribution is -2.26. The Labute approximate surface area is 114 Å². The molecular formula is C12H14N2O6. The highest BCUT2D eigenvalue weighted by Crippen LogP contribution is 2.25. The fraction of sp³-hybridized carbons (Fsp3) is 0.500. The summed E-state index contributed by atoms with van der Waals surface area (Å²) in [5.41, 5.74) is -0.652. The van der Waals surface area contributed by atoms with Crippen molar-refractivity contribution in [2.75, 3.05) is 13.2 Å². The third kappa shape index (κ3) is 3.41. The minimum absolute atomic E-state index is 0.122. The number of nitrogens with zero attached hydrogens (tertiary/aromatic N) is 2. The Bertz CT molecular complexity index is 513. The van der Waals surface area contributed by atoms with Crippen molar-refractivity contribution >= 4 is 11.7 Å². The molecule has 0 aliphatic carbocycles. The highest BCUT2D eigenvalue weighted by atomic mass is 16.6. The van der Waals surface area contributed by atoms with Crippen LogP contribution >= 0.6 is 0 Å². The van der Waals surface area contributed by atoms with Gasteiger partial charge in [-0.2, -0.15) is 0 Å². The molecule has 1 unspecified atom stereocenters. The highest BCUT2D eigenvalue weighted by molar-refractivity contribution is 5.85. The summed E-state index contributed by atoms with van der Waals surface area (Å²) < 4.78 is 10.7. The molecule has 1 saturated heterocycles. The number of carboxylic acid groups (broad SMARTS) is 1. The van der Waals surface area contributed by atoms with Gasteiger partial charge in [-0.05, 0) is 25.3 Å². The number of aromatic carboxylic acids is 1. The van der Waals surface area contributed by atoms with E-state index >= 15 is 0 Å². The molecule has 0 amide bonds. The molecule has 0 radical (unpaired) electrons. The summed E-state index contributed by atoms with van der Waals surface area (Å²) >= 11 is 0. The zero-order chi connectivity index (χ0) is 14.5. The van der Waals surface area contributed by atoms with Crippen LogP contribution in [0.4, 0.5) is 5.69 Å². The summed E-state index contributed by atoms with van der Waals surface area (Å²) in [6, 6.07) is 2.15. The van der Waals surface area contributed by atoms with Crippen molar-refractivity contribution in [3.63, 3.8) is 0 Å². The Morgan fingerprint density at radius 3 is 2.95 bits per heavy atom. The van der Waals surface area contributed by atoms with Crippen molar-refractivity contribution in [2.45, 2.75) is 25.4 Å². The van der Waals surface area contributed by atoms with Gasteiger partial charge in [0, 0.05) is 12.7 Å². The maximum Gasteiger partial charge on any atom is 0.354 e. The Morgan fingerprint density at radius 1 is 1.55 bits per heavy atom. The van der Waals surface area contributed by atoms with E-state index in [2.05, 4.69) is 4.98 Å². The third-order valence-electron chi connectivity index (χ3n) is 2.94. The van der Waals surface area contributed by atoms with E-state index in [0.717, 1.165) is 31.4 Å². The van der Waals surface area contributed by atoms with E-state index in [-0.39, 0.29) is 30.0 Å². The number of nitro groups is 1. The summed E-state index contributed by atoms with van der Waals surface area (Å²) in [5, 5.41) is 19.7. The number of rotatable bonds is 5. The molecule has 2 heterocycles. The molecule has 2 rings (SSSR count). The number of carbonyl (C=O) groups is 1. The number of aromatic nitrogens is 1. The lowest BCUT2D eigenvalue weighted by Gasteiger charge is -2.22. The van der Waals surface area contributed by atoms with Gasteiger partial charge in [-0.1, -0.05) is 0 Å². The third-order valence-corrected chi connectivity index (χ3v) is 2.94. The maximum atomic E-state index is 10.9. The molecular weight excluding hydrogens is 268 g/mol. The van der Waals surface area contributed by atoms with E-state index in [1.54, 1.807) is 0 Å². The van der Waals surface area contributed by atoms with Crippen molar-refractivity contribution < 1.29 is 24.3 Å². The smallest absolute Gasteiger partial charge is 0.354 e. The molecule has 108 valence electrons. The van der Waals surface area contributed by atoms with Gasteiger partial charge in [-0.15, -0.1) is 0 Å². The van der Waals surface area contributed by atoms with Crippen LogP contribution in [-0.2, 0) is 4.74 Å². The van der Waals surface area contributed by atoms with Crippen LogP contribution in [0.25, 0.3) is 0 Å². The molecule has 8 nitrogen and oxygen atoms in total. The van der Waals surface area contributed by atoms with Gasteiger partial charge in [-0.3, -0.25) is 10.1 Å². The van der Waals surface area contributed by atoms with Gasteiger partial charge in [0.1, 0.15) is 6.61 Å². The van der Waals surface area contributed by atoms with Crippen LogP contribution in [0, 0.1) is 10.1 Å². The minimum Gasteiger partial charge on any atom is -0.477 e. The fourth-order valence-electron chi connectivity index (χ4n) is 1.91. The zero-order valence-electron chi connectivity index (χ0n) is 10.7. The second-order valence-corrected chi connectivity index (χ2v) is 4.38. The van der Waals surface area contributed by atoms with Gasteiger partial charge in [0.2, 0.25) is 0 Å². The maximum absolute atomic E-state index is 10.9. The highest BCUT2D eigenvalue weighted by Gasteiger charge is 2.22. The van der Waals surface area contributed by atoms with Gasteiger partial charge in [0.25, 0.3) is 5.88 Å². The summed E-state index contributed by atoms with van der Waals surface area (Å²) in [4.78, 5) is 24.7. The second kappa shape index (κ2) is 6.29. The van der Waals surface area contributed by atoms with Crippen molar-refractivity contribution in [3.8, 4) is 5.88 Å². The van der Waals surface area contributed by atoms with Crippen LogP contribution in [0.15, 0.2) is 12.1 Å². The summed E-state index contributed by atoms with van der Waals surface area (Å²) in [7, 11) is 0. The van der Waals surface area contributed by atoms with Gasteiger partial charge >= 0.3 is 11.7 Å². The van der Waals surface area contributed by atoms with Crippen molar-refractivity contribution in [3.05, 3.63) is 27.9 Å². The average molecular weight is 282 g/mol. The van der Waals surface area contributed by atoms with Crippen molar-refractivity contribution in [2.24, 2.45) is 0 Å². The molecule has 1 fully saturated rings. The minimum atomic E-state index is -1.27. The van der Waals surface area contributed by atoms with Crippen molar-refractivity contribution in [1.82, 2.24) is 4.98 Å².